The molecule has 0 unspecified atom stereocenters. The molecule has 0 atom stereocenters. The Labute approximate surface area is 101 Å². The van der Waals surface area contributed by atoms with Crippen molar-refractivity contribution in [2.45, 2.75) is 44.5 Å². The van der Waals surface area contributed by atoms with E-state index >= 15 is 0 Å². The number of hydrogen-bond acceptors (Lipinski definition) is 4. The Bertz CT molecular complexity index is 380. The second-order valence-corrected chi connectivity index (χ2v) is 6.76. The van der Waals surface area contributed by atoms with E-state index in [0.717, 1.165) is 0 Å². The minimum atomic E-state index is -4.49. The monoisotopic (exact) mass is 267 g/mol. The van der Waals surface area contributed by atoms with Gasteiger partial charge in [0.1, 0.15) is 5.60 Å². The first-order valence-corrected chi connectivity index (χ1v) is 6.95. The molecule has 0 spiro atoms. The van der Waals surface area contributed by atoms with E-state index in [4.69, 9.17) is 4.74 Å². The largest absolute Gasteiger partial charge is 0.444 e. The summed E-state index contributed by atoms with van der Waals surface area (Å²) in [6, 6.07) is 0. The molecular weight excluding hydrogens is 249 g/mol. The van der Waals surface area contributed by atoms with Crippen LogP contribution in [0.2, 0.25) is 0 Å². The maximum Gasteiger partial charge on any atom is 0.410 e. The molecule has 5 nitrogen and oxygen atoms in total. The maximum atomic E-state index is 12.7. The van der Waals surface area contributed by atoms with Gasteiger partial charge in [0.2, 0.25) is 0 Å². The van der Waals surface area contributed by atoms with E-state index in [1.165, 1.54) is 4.90 Å². The van der Waals surface area contributed by atoms with Gasteiger partial charge in [-0.15, -0.1) is 3.89 Å². The average molecular weight is 267 g/mol. The topological polar surface area (TPSA) is 63.7 Å². The molecule has 0 aromatic heterocycles. The molecule has 0 N–H and O–H groups in total. The Morgan fingerprint density at radius 1 is 1.29 bits per heavy atom. The molecule has 100 valence electrons. The van der Waals surface area contributed by atoms with Crippen LogP contribution in [-0.4, -0.2) is 43.4 Å². The Kier molecular flexibility index (Phi) is 4.01. The van der Waals surface area contributed by atoms with Crippen molar-refractivity contribution in [3.05, 3.63) is 0 Å². The molecule has 7 heteroatoms. The fraction of sp³-hybridized carbons (Fsp3) is 0.900. The van der Waals surface area contributed by atoms with Gasteiger partial charge in [-0.3, -0.25) is 0 Å². The summed E-state index contributed by atoms with van der Waals surface area (Å²) in [4.78, 5) is 13.0. The van der Waals surface area contributed by atoms with Gasteiger partial charge in [-0.05, 0) is 33.6 Å². The standard InChI is InChI=1S/C10H18FNO4S/c1-10(2,3)16-9(13)12-6-4-8(5-7-12)17(11,14)15/h8H,4-7H2,1-3H3. The van der Waals surface area contributed by atoms with E-state index in [1.807, 2.05) is 0 Å². The van der Waals surface area contributed by atoms with Crippen LogP contribution < -0.4 is 0 Å². The summed E-state index contributed by atoms with van der Waals surface area (Å²) < 4.78 is 39.2. The Balaban J connectivity index is 2.50. The predicted molar refractivity (Wildman–Crippen MR) is 60.9 cm³/mol. The summed E-state index contributed by atoms with van der Waals surface area (Å²) in [6.45, 7) is 5.68. The molecule has 1 rings (SSSR count). The molecule has 1 amide bonds. The van der Waals surface area contributed by atoms with Gasteiger partial charge in [0.25, 0.3) is 0 Å². The molecule has 0 aliphatic carbocycles. The van der Waals surface area contributed by atoms with E-state index in [9.17, 15) is 17.1 Å². The number of nitrogens with zero attached hydrogens (tertiary/aromatic N) is 1. The quantitative estimate of drug-likeness (QED) is 0.678. The second kappa shape index (κ2) is 4.80. The molecule has 17 heavy (non-hydrogen) atoms. The molecule has 1 aliphatic rings. The van der Waals surface area contributed by atoms with Crippen LogP contribution in [0.1, 0.15) is 33.6 Å². The van der Waals surface area contributed by atoms with Crippen LogP contribution in [0.5, 0.6) is 0 Å². The number of likely N-dealkylation sites (tertiary alicyclic amines) is 1. The van der Waals surface area contributed by atoms with Crippen LogP contribution in [0.15, 0.2) is 0 Å². The Hall–Kier alpha value is -0.850. The van der Waals surface area contributed by atoms with E-state index in [1.54, 1.807) is 20.8 Å². The lowest BCUT2D eigenvalue weighted by Gasteiger charge is -2.32. The van der Waals surface area contributed by atoms with Gasteiger partial charge in [-0.25, -0.2) is 4.79 Å². The Morgan fingerprint density at radius 2 is 1.76 bits per heavy atom. The van der Waals surface area contributed by atoms with Gasteiger partial charge in [-0.1, -0.05) is 0 Å². The number of amides is 1. The van der Waals surface area contributed by atoms with Crippen molar-refractivity contribution in [3.8, 4) is 0 Å². The third kappa shape index (κ3) is 4.49. The number of hydrogen-bond donors (Lipinski definition) is 0. The number of piperidine rings is 1. The van der Waals surface area contributed by atoms with Crippen LogP contribution >= 0.6 is 0 Å². The van der Waals surface area contributed by atoms with E-state index < -0.39 is 27.2 Å². The number of halogens is 1. The molecule has 1 saturated heterocycles. The van der Waals surface area contributed by atoms with Crippen molar-refractivity contribution in [1.29, 1.82) is 0 Å². The zero-order valence-electron chi connectivity index (χ0n) is 10.3. The second-order valence-electron chi connectivity index (χ2n) is 5.14. The summed E-state index contributed by atoms with van der Waals surface area (Å²) in [5, 5.41) is -0.985. The fourth-order valence-electron chi connectivity index (χ4n) is 1.65. The van der Waals surface area contributed by atoms with Crippen molar-refractivity contribution in [3.63, 3.8) is 0 Å². The van der Waals surface area contributed by atoms with Crippen molar-refractivity contribution >= 4 is 16.3 Å². The summed E-state index contributed by atoms with van der Waals surface area (Å²) in [5.41, 5.74) is -0.583. The summed E-state index contributed by atoms with van der Waals surface area (Å²) >= 11 is 0. The van der Waals surface area contributed by atoms with Crippen LogP contribution in [0.3, 0.4) is 0 Å². The van der Waals surface area contributed by atoms with Gasteiger partial charge in [0.05, 0.1) is 5.25 Å². The highest BCUT2D eigenvalue weighted by molar-refractivity contribution is 7.87. The molecule has 0 saturated carbocycles. The lowest BCUT2D eigenvalue weighted by Crippen LogP contribution is -2.44. The van der Waals surface area contributed by atoms with Crippen molar-refractivity contribution in [2.24, 2.45) is 0 Å². The molecule has 1 heterocycles. The maximum absolute atomic E-state index is 12.7. The molecule has 0 aromatic carbocycles. The lowest BCUT2D eigenvalue weighted by atomic mass is 10.1. The number of carbonyl (C=O) groups excluding carboxylic acids is 1. The number of ether oxygens (including phenoxy) is 1. The molecule has 1 fully saturated rings. The first-order chi connectivity index (χ1) is 7.59. The van der Waals surface area contributed by atoms with Crippen molar-refractivity contribution in [2.75, 3.05) is 13.1 Å². The van der Waals surface area contributed by atoms with Crippen LogP contribution in [0, 0.1) is 0 Å². The SMILES string of the molecule is CC(C)(C)OC(=O)N1CCC(S(=O)(=O)F)CC1. The van der Waals surface area contributed by atoms with Gasteiger partial charge >= 0.3 is 16.3 Å². The normalized spacial score (nSPS) is 19.2. The Morgan fingerprint density at radius 3 is 2.12 bits per heavy atom. The highest BCUT2D eigenvalue weighted by Crippen LogP contribution is 2.20. The summed E-state index contributed by atoms with van der Waals surface area (Å²) in [5.74, 6) is 0. The molecule has 0 aromatic rings. The molecule has 0 bridgehead atoms. The van der Waals surface area contributed by atoms with E-state index in [0.29, 0.717) is 0 Å². The smallest absolute Gasteiger partial charge is 0.410 e. The molecule has 0 radical (unpaired) electrons. The third-order valence-electron chi connectivity index (χ3n) is 2.49. The van der Waals surface area contributed by atoms with Crippen LogP contribution in [0.25, 0.3) is 0 Å². The van der Waals surface area contributed by atoms with Crippen LogP contribution in [-0.2, 0) is 15.0 Å². The van der Waals surface area contributed by atoms with Crippen LogP contribution in [0.4, 0.5) is 8.68 Å². The predicted octanol–water partition coefficient (Wildman–Crippen LogP) is 1.69. The van der Waals surface area contributed by atoms with Gasteiger partial charge in [0, 0.05) is 13.1 Å². The summed E-state index contributed by atoms with van der Waals surface area (Å²) in [6.07, 6.45) is -0.233. The van der Waals surface area contributed by atoms with Gasteiger partial charge in [0.15, 0.2) is 0 Å². The van der Waals surface area contributed by atoms with Gasteiger partial charge in [-0.2, -0.15) is 8.42 Å². The molecule has 1 aliphatic heterocycles. The fourth-order valence-corrected chi connectivity index (χ4v) is 2.42. The zero-order valence-corrected chi connectivity index (χ0v) is 11.1. The summed E-state index contributed by atoms with van der Waals surface area (Å²) in [7, 11) is -4.49. The number of carbonyl (C=O) groups is 1. The third-order valence-corrected chi connectivity index (χ3v) is 3.76. The van der Waals surface area contributed by atoms with E-state index in [2.05, 4.69) is 0 Å². The number of rotatable bonds is 1. The first kappa shape index (κ1) is 14.2. The molecular formula is C10H18FNO4S. The van der Waals surface area contributed by atoms with Crippen molar-refractivity contribution < 1.29 is 21.8 Å². The first-order valence-electron chi connectivity index (χ1n) is 5.51. The lowest BCUT2D eigenvalue weighted by molar-refractivity contribution is 0.0216. The minimum Gasteiger partial charge on any atom is -0.444 e. The highest BCUT2D eigenvalue weighted by atomic mass is 32.3. The van der Waals surface area contributed by atoms with E-state index in [-0.39, 0.29) is 25.9 Å². The average Bonchev–Trinajstić information content (AvgIpc) is 2.14. The minimum absolute atomic E-state index is 0.123. The van der Waals surface area contributed by atoms with Gasteiger partial charge < -0.3 is 9.64 Å². The zero-order chi connectivity index (χ0) is 13.3. The highest BCUT2D eigenvalue weighted by Gasteiger charge is 2.32. The van der Waals surface area contributed by atoms with Crippen molar-refractivity contribution in [1.82, 2.24) is 4.90 Å².